The average molecular weight is 397 g/mol. The van der Waals surface area contributed by atoms with E-state index in [1.54, 1.807) is 37.5 Å². The molecule has 2 rings (SSSR count). The average Bonchev–Trinajstić information content (AvgIpc) is 2.66. The van der Waals surface area contributed by atoms with Gasteiger partial charge in [0.2, 0.25) is 0 Å². The van der Waals surface area contributed by atoms with Crippen LogP contribution in [-0.4, -0.2) is 31.2 Å². The van der Waals surface area contributed by atoms with Crippen molar-refractivity contribution in [3.8, 4) is 11.5 Å². The number of ether oxygens (including phenoxy) is 3. The van der Waals surface area contributed by atoms with Gasteiger partial charge in [-0.1, -0.05) is 18.2 Å². The number of amides is 1. The van der Waals surface area contributed by atoms with Crippen LogP contribution in [-0.2, 0) is 14.3 Å². The number of carbonyl (C=O) groups excluding carboxylic acids is 2. The Labute approximate surface area is 171 Å². The summed E-state index contributed by atoms with van der Waals surface area (Å²) in [5.41, 5.74) is 2.42. The minimum atomic E-state index is -0.927. The maximum Gasteiger partial charge on any atom is 0.331 e. The molecule has 1 amide bonds. The van der Waals surface area contributed by atoms with Crippen LogP contribution in [0.4, 0.5) is 5.69 Å². The molecule has 0 fully saturated rings. The molecule has 29 heavy (non-hydrogen) atoms. The Morgan fingerprint density at radius 2 is 1.79 bits per heavy atom. The van der Waals surface area contributed by atoms with Crippen LogP contribution in [0.1, 0.15) is 31.9 Å². The SMILES string of the molecule is COc1cc(/C=C/C(=O)O[C@@H](C)C(=O)Nc2cccc(C)c2)ccc1OC(C)C. The smallest absolute Gasteiger partial charge is 0.331 e. The van der Waals surface area contributed by atoms with Gasteiger partial charge < -0.3 is 19.5 Å². The van der Waals surface area contributed by atoms with Crippen molar-refractivity contribution in [1.82, 2.24) is 0 Å². The van der Waals surface area contributed by atoms with Gasteiger partial charge in [0.25, 0.3) is 5.91 Å². The zero-order chi connectivity index (χ0) is 21.4. The predicted octanol–water partition coefficient (Wildman–Crippen LogP) is 4.37. The van der Waals surface area contributed by atoms with Crippen LogP contribution in [0.3, 0.4) is 0 Å². The minimum absolute atomic E-state index is 0.0210. The van der Waals surface area contributed by atoms with Crippen molar-refractivity contribution in [2.24, 2.45) is 0 Å². The van der Waals surface area contributed by atoms with Crippen molar-refractivity contribution in [3.63, 3.8) is 0 Å². The van der Waals surface area contributed by atoms with Crippen LogP contribution in [0, 0.1) is 6.92 Å². The maximum atomic E-state index is 12.2. The predicted molar refractivity (Wildman–Crippen MR) is 113 cm³/mol. The first kappa shape index (κ1) is 22.0. The Morgan fingerprint density at radius 3 is 2.45 bits per heavy atom. The molecule has 0 spiro atoms. The van der Waals surface area contributed by atoms with Gasteiger partial charge in [0.15, 0.2) is 17.6 Å². The van der Waals surface area contributed by atoms with Gasteiger partial charge in [0.05, 0.1) is 13.2 Å². The summed E-state index contributed by atoms with van der Waals surface area (Å²) in [5.74, 6) is 0.191. The highest BCUT2D eigenvalue weighted by Crippen LogP contribution is 2.29. The van der Waals surface area contributed by atoms with E-state index in [1.807, 2.05) is 39.0 Å². The fraction of sp³-hybridized carbons (Fsp3) is 0.304. The summed E-state index contributed by atoms with van der Waals surface area (Å²) < 4.78 is 16.2. The number of nitrogens with one attached hydrogen (secondary N) is 1. The number of esters is 1. The van der Waals surface area contributed by atoms with E-state index in [1.165, 1.54) is 13.0 Å². The summed E-state index contributed by atoms with van der Waals surface area (Å²) in [6.45, 7) is 7.32. The van der Waals surface area contributed by atoms with E-state index in [0.717, 1.165) is 11.1 Å². The highest BCUT2D eigenvalue weighted by molar-refractivity contribution is 5.96. The molecule has 2 aromatic carbocycles. The fourth-order valence-electron chi connectivity index (χ4n) is 2.54. The highest BCUT2D eigenvalue weighted by atomic mass is 16.5. The molecule has 0 saturated heterocycles. The van der Waals surface area contributed by atoms with E-state index in [4.69, 9.17) is 14.2 Å². The van der Waals surface area contributed by atoms with Crippen molar-refractivity contribution in [2.75, 3.05) is 12.4 Å². The standard InChI is InChI=1S/C23H27NO5/c1-15(2)28-20-11-9-18(14-21(20)27-5)10-12-22(25)29-17(4)23(26)24-19-8-6-7-16(3)13-19/h6-15,17H,1-5H3,(H,24,26)/b12-10+/t17-/m0/s1. The molecule has 6 nitrogen and oxygen atoms in total. The van der Waals surface area contributed by atoms with Crippen molar-refractivity contribution >= 4 is 23.6 Å². The molecule has 6 heteroatoms. The Balaban J connectivity index is 1.95. The van der Waals surface area contributed by atoms with E-state index in [0.29, 0.717) is 17.2 Å². The summed E-state index contributed by atoms with van der Waals surface area (Å²) in [4.78, 5) is 24.3. The number of benzene rings is 2. The third-order valence-corrected chi connectivity index (χ3v) is 3.91. The molecule has 0 radical (unpaired) electrons. The second kappa shape index (κ2) is 10.3. The Kier molecular flexibility index (Phi) is 7.83. The number of hydrogen-bond acceptors (Lipinski definition) is 5. The lowest BCUT2D eigenvalue weighted by Crippen LogP contribution is -2.29. The Morgan fingerprint density at radius 1 is 1.03 bits per heavy atom. The first-order chi connectivity index (χ1) is 13.8. The summed E-state index contributed by atoms with van der Waals surface area (Å²) in [6, 6.07) is 12.7. The van der Waals surface area contributed by atoms with Crippen molar-refractivity contribution in [2.45, 2.75) is 39.9 Å². The van der Waals surface area contributed by atoms with Gasteiger partial charge in [0, 0.05) is 11.8 Å². The summed E-state index contributed by atoms with van der Waals surface area (Å²) in [7, 11) is 1.55. The van der Waals surface area contributed by atoms with Crippen molar-refractivity contribution in [1.29, 1.82) is 0 Å². The Hall–Kier alpha value is -3.28. The molecular formula is C23H27NO5. The van der Waals surface area contributed by atoms with Gasteiger partial charge >= 0.3 is 5.97 Å². The third kappa shape index (κ3) is 6.99. The van der Waals surface area contributed by atoms with E-state index >= 15 is 0 Å². The van der Waals surface area contributed by atoms with E-state index < -0.39 is 18.0 Å². The molecule has 154 valence electrons. The van der Waals surface area contributed by atoms with Gasteiger partial charge in [-0.05, 0) is 69.2 Å². The Bertz CT molecular complexity index is 889. The molecule has 0 aliphatic heterocycles. The minimum Gasteiger partial charge on any atom is -0.493 e. The number of aryl methyl sites for hydroxylation is 1. The first-order valence-electron chi connectivity index (χ1n) is 9.39. The lowest BCUT2D eigenvalue weighted by atomic mass is 10.2. The first-order valence-corrected chi connectivity index (χ1v) is 9.39. The largest absolute Gasteiger partial charge is 0.493 e. The number of methoxy groups -OCH3 is 1. The second-order valence-electron chi connectivity index (χ2n) is 6.85. The molecule has 0 aliphatic rings. The maximum absolute atomic E-state index is 12.2. The van der Waals surface area contributed by atoms with E-state index in [-0.39, 0.29) is 6.10 Å². The van der Waals surface area contributed by atoms with Crippen LogP contribution in [0.25, 0.3) is 6.08 Å². The summed E-state index contributed by atoms with van der Waals surface area (Å²) >= 11 is 0. The second-order valence-corrected chi connectivity index (χ2v) is 6.85. The number of carbonyl (C=O) groups is 2. The van der Waals surface area contributed by atoms with Crippen LogP contribution < -0.4 is 14.8 Å². The molecular weight excluding hydrogens is 370 g/mol. The molecule has 2 aromatic rings. The van der Waals surface area contributed by atoms with Crippen molar-refractivity contribution < 1.29 is 23.8 Å². The molecule has 0 unspecified atom stereocenters. The lowest BCUT2D eigenvalue weighted by Gasteiger charge is -2.14. The van der Waals surface area contributed by atoms with E-state index in [2.05, 4.69) is 5.32 Å². The van der Waals surface area contributed by atoms with Crippen LogP contribution in [0.5, 0.6) is 11.5 Å². The van der Waals surface area contributed by atoms with Crippen LogP contribution in [0.2, 0.25) is 0 Å². The van der Waals surface area contributed by atoms with Crippen molar-refractivity contribution in [3.05, 3.63) is 59.7 Å². The molecule has 0 aromatic heterocycles. The zero-order valence-corrected chi connectivity index (χ0v) is 17.4. The van der Waals surface area contributed by atoms with Gasteiger partial charge in [-0.15, -0.1) is 0 Å². The topological polar surface area (TPSA) is 73.9 Å². The molecule has 1 N–H and O–H groups in total. The van der Waals surface area contributed by atoms with E-state index in [9.17, 15) is 9.59 Å². The van der Waals surface area contributed by atoms with Gasteiger partial charge in [-0.25, -0.2) is 4.79 Å². The quantitative estimate of drug-likeness (QED) is 0.529. The number of hydrogen-bond donors (Lipinski definition) is 1. The van der Waals surface area contributed by atoms with Gasteiger partial charge in [-0.3, -0.25) is 4.79 Å². The molecule has 0 bridgehead atoms. The van der Waals surface area contributed by atoms with Crippen LogP contribution >= 0.6 is 0 Å². The molecule has 0 aliphatic carbocycles. The number of rotatable bonds is 8. The highest BCUT2D eigenvalue weighted by Gasteiger charge is 2.16. The number of anilines is 1. The molecule has 0 heterocycles. The van der Waals surface area contributed by atoms with Gasteiger partial charge in [0.1, 0.15) is 0 Å². The molecule has 1 atom stereocenters. The van der Waals surface area contributed by atoms with Gasteiger partial charge in [-0.2, -0.15) is 0 Å². The fourth-order valence-corrected chi connectivity index (χ4v) is 2.54. The molecule has 0 saturated carbocycles. The third-order valence-electron chi connectivity index (χ3n) is 3.91. The zero-order valence-electron chi connectivity index (χ0n) is 17.4. The normalized spacial score (nSPS) is 11.9. The summed E-state index contributed by atoms with van der Waals surface area (Å²) in [5, 5.41) is 2.73. The summed E-state index contributed by atoms with van der Waals surface area (Å²) in [6.07, 6.45) is 1.96. The monoisotopic (exact) mass is 397 g/mol. The van der Waals surface area contributed by atoms with Crippen LogP contribution in [0.15, 0.2) is 48.5 Å². The lowest BCUT2D eigenvalue weighted by molar-refractivity contribution is -0.148.